The van der Waals surface area contributed by atoms with Gasteiger partial charge in [-0.25, -0.2) is 0 Å². The summed E-state index contributed by atoms with van der Waals surface area (Å²) in [6, 6.07) is 4.94. The molecule has 0 amide bonds. The highest BCUT2D eigenvalue weighted by Crippen LogP contribution is 2.23. The Kier molecular flexibility index (Phi) is 6.86. The van der Waals surface area contributed by atoms with E-state index >= 15 is 0 Å². The van der Waals surface area contributed by atoms with Gasteiger partial charge < -0.3 is 4.90 Å². The van der Waals surface area contributed by atoms with E-state index in [0.717, 1.165) is 18.5 Å². The van der Waals surface area contributed by atoms with Gasteiger partial charge in [0.25, 0.3) is 0 Å². The van der Waals surface area contributed by atoms with Gasteiger partial charge in [0, 0.05) is 25.0 Å². The largest absolute Gasteiger partial charge is 0.301 e. The Morgan fingerprint density at radius 3 is 2.62 bits per heavy atom. The van der Waals surface area contributed by atoms with E-state index < -0.39 is 0 Å². The lowest BCUT2D eigenvalue weighted by Gasteiger charge is -2.36. The zero-order valence-corrected chi connectivity index (χ0v) is 15.2. The van der Waals surface area contributed by atoms with E-state index in [1.165, 1.54) is 70.3 Å². The number of likely N-dealkylation sites (tertiary alicyclic amines) is 2. The molecule has 3 heteroatoms. The molecule has 0 bridgehead atoms. The molecule has 3 nitrogen and oxygen atoms in total. The van der Waals surface area contributed by atoms with Crippen molar-refractivity contribution in [2.45, 2.75) is 51.5 Å². The molecule has 0 saturated carbocycles. The highest BCUT2D eigenvalue weighted by Gasteiger charge is 2.22. The summed E-state index contributed by atoms with van der Waals surface area (Å²) in [7, 11) is 0. The molecule has 3 heterocycles. The van der Waals surface area contributed by atoms with Gasteiger partial charge in [-0.1, -0.05) is 18.6 Å². The lowest BCUT2D eigenvalue weighted by atomic mass is 9.92. The predicted molar refractivity (Wildman–Crippen MR) is 102 cm³/mol. The highest BCUT2D eigenvalue weighted by atomic mass is 15.2. The van der Waals surface area contributed by atoms with Gasteiger partial charge in [0.2, 0.25) is 0 Å². The Bertz CT molecular complexity index is 491. The smallest absolute Gasteiger partial charge is 0.0273 e. The van der Waals surface area contributed by atoms with Crippen LogP contribution in [-0.2, 0) is 0 Å². The Balaban J connectivity index is 1.33. The fourth-order valence-corrected chi connectivity index (χ4v) is 4.11. The SMILES string of the molecule is CC1CCCCN1CCC1CCN(C/C=C/c2ccncc2)CC1. The molecule has 0 aliphatic carbocycles. The van der Waals surface area contributed by atoms with Crippen molar-refractivity contribution in [3.05, 3.63) is 36.2 Å². The number of nitrogens with zero attached hydrogens (tertiary/aromatic N) is 3. The van der Waals surface area contributed by atoms with Crippen LogP contribution in [0.4, 0.5) is 0 Å². The molecule has 2 aliphatic rings. The van der Waals surface area contributed by atoms with E-state index in [4.69, 9.17) is 0 Å². The first-order valence-electron chi connectivity index (χ1n) is 9.84. The highest BCUT2D eigenvalue weighted by molar-refractivity contribution is 5.47. The molecule has 0 spiro atoms. The minimum atomic E-state index is 0.817. The molecule has 2 saturated heterocycles. The maximum atomic E-state index is 4.06. The van der Waals surface area contributed by atoms with Crippen molar-refractivity contribution in [2.75, 3.05) is 32.7 Å². The maximum absolute atomic E-state index is 4.06. The molecule has 0 N–H and O–H groups in total. The fraction of sp³-hybridized carbons (Fsp3) is 0.667. The predicted octanol–water partition coefficient (Wildman–Crippen LogP) is 4.07. The topological polar surface area (TPSA) is 19.4 Å². The van der Waals surface area contributed by atoms with Gasteiger partial charge >= 0.3 is 0 Å². The van der Waals surface area contributed by atoms with Gasteiger partial charge in [-0.15, -0.1) is 0 Å². The first-order chi connectivity index (χ1) is 11.8. The number of aromatic nitrogens is 1. The number of rotatable bonds is 6. The summed E-state index contributed by atoms with van der Waals surface area (Å²) in [6.45, 7) is 8.69. The Morgan fingerprint density at radius 2 is 1.88 bits per heavy atom. The van der Waals surface area contributed by atoms with E-state index in [-0.39, 0.29) is 0 Å². The fourth-order valence-electron chi connectivity index (χ4n) is 4.11. The number of pyridine rings is 1. The molecule has 1 aromatic rings. The van der Waals surface area contributed by atoms with E-state index in [1.807, 2.05) is 12.4 Å². The summed E-state index contributed by atoms with van der Waals surface area (Å²) in [6.07, 6.45) is 16.6. The molecule has 2 fully saturated rings. The second-order valence-corrected chi connectivity index (χ2v) is 7.60. The van der Waals surface area contributed by atoms with E-state index in [0.29, 0.717) is 0 Å². The van der Waals surface area contributed by atoms with Crippen LogP contribution in [0.25, 0.3) is 6.08 Å². The summed E-state index contributed by atoms with van der Waals surface area (Å²) in [5, 5.41) is 0. The van der Waals surface area contributed by atoms with Gasteiger partial charge in [0.15, 0.2) is 0 Å². The first-order valence-corrected chi connectivity index (χ1v) is 9.84. The number of hydrogen-bond acceptors (Lipinski definition) is 3. The molecule has 1 unspecified atom stereocenters. The molecular formula is C21H33N3. The minimum absolute atomic E-state index is 0.817. The van der Waals surface area contributed by atoms with Crippen LogP contribution in [0, 0.1) is 5.92 Å². The average molecular weight is 328 g/mol. The lowest BCUT2D eigenvalue weighted by Crippen LogP contribution is -2.40. The Labute approximate surface area is 147 Å². The molecule has 1 atom stereocenters. The second-order valence-electron chi connectivity index (χ2n) is 7.60. The first kappa shape index (κ1) is 17.6. The third kappa shape index (κ3) is 5.42. The van der Waals surface area contributed by atoms with Crippen molar-refractivity contribution in [1.29, 1.82) is 0 Å². The lowest BCUT2D eigenvalue weighted by molar-refractivity contribution is 0.132. The van der Waals surface area contributed by atoms with Crippen molar-refractivity contribution in [2.24, 2.45) is 5.92 Å². The van der Waals surface area contributed by atoms with Gasteiger partial charge in [-0.05, 0) is 88.8 Å². The van der Waals surface area contributed by atoms with Crippen LogP contribution in [0.3, 0.4) is 0 Å². The zero-order valence-electron chi connectivity index (χ0n) is 15.2. The second kappa shape index (κ2) is 9.33. The monoisotopic (exact) mass is 327 g/mol. The van der Waals surface area contributed by atoms with Crippen molar-refractivity contribution in [3.63, 3.8) is 0 Å². The van der Waals surface area contributed by atoms with Gasteiger partial charge in [-0.2, -0.15) is 0 Å². The molecule has 1 aromatic heterocycles. The Morgan fingerprint density at radius 1 is 1.08 bits per heavy atom. The number of hydrogen-bond donors (Lipinski definition) is 0. The Hall–Kier alpha value is -1.19. The van der Waals surface area contributed by atoms with Crippen molar-refractivity contribution < 1.29 is 0 Å². The molecule has 3 rings (SSSR count). The van der Waals surface area contributed by atoms with Gasteiger partial charge in [0.05, 0.1) is 0 Å². The van der Waals surface area contributed by atoms with Gasteiger partial charge in [-0.3, -0.25) is 9.88 Å². The summed E-state index contributed by atoms with van der Waals surface area (Å²) >= 11 is 0. The third-order valence-corrected chi connectivity index (χ3v) is 5.85. The molecule has 0 radical (unpaired) electrons. The van der Waals surface area contributed by atoms with Crippen LogP contribution >= 0.6 is 0 Å². The summed E-state index contributed by atoms with van der Waals surface area (Å²) < 4.78 is 0. The normalized spacial score (nSPS) is 24.6. The standard InChI is InChI=1S/C21H33N3/c1-19-5-2-3-15-24(19)18-11-21-9-16-23(17-10-21)14-4-6-20-7-12-22-13-8-20/h4,6-8,12-13,19,21H,2-3,5,9-11,14-18H2,1H3/b6-4+. The van der Waals surface area contributed by atoms with Crippen LogP contribution in [0.1, 0.15) is 51.0 Å². The summed E-state index contributed by atoms with van der Waals surface area (Å²) in [5.74, 6) is 0.944. The van der Waals surface area contributed by atoms with Gasteiger partial charge in [0.1, 0.15) is 0 Å². The molecule has 0 aromatic carbocycles. The molecule has 24 heavy (non-hydrogen) atoms. The van der Waals surface area contributed by atoms with Crippen molar-refractivity contribution >= 4 is 6.08 Å². The van der Waals surface area contributed by atoms with Crippen LogP contribution in [-0.4, -0.2) is 53.5 Å². The van der Waals surface area contributed by atoms with E-state index in [2.05, 4.69) is 46.0 Å². The van der Waals surface area contributed by atoms with Crippen LogP contribution in [0.5, 0.6) is 0 Å². The van der Waals surface area contributed by atoms with Crippen LogP contribution in [0.15, 0.2) is 30.6 Å². The zero-order chi connectivity index (χ0) is 16.6. The van der Waals surface area contributed by atoms with Crippen LogP contribution < -0.4 is 0 Å². The molecule has 2 aliphatic heterocycles. The van der Waals surface area contributed by atoms with Crippen molar-refractivity contribution in [3.8, 4) is 0 Å². The minimum Gasteiger partial charge on any atom is -0.301 e. The summed E-state index contributed by atoms with van der Waals surface area (Å²) in [4.78, 5) is 9.38. The molecule has 132 valence electrons. The van der Waals surface area contributed by atoms with Crippen LogP contribution in [0.2, 0.25) is 0 Å². The third-order valence-electron chi connectivity index (χ3n) is 5.85. The van der Waals surface area contributed by atoms with Crippen molar-refractivity contribution in [1.82, 2.24) is 14.8 Å². The number of piperidine rings is 2. The average Bonchev–Trinajstić information content (AvgIpc) is 2.63. The molecular weight excluding hydrogens is 294 g/mol. The quantitative estimate of drug-likeness (QED) is 0.785. The maximum Gasteiger partial charge on any atom is 0.0273 e. The summed E-state index contributed by atoms with van der Waals surface area (Å²) in [5.41, 5.74) is 1.25. The van der Waals surface area contributed by atoms with E-state index in [1.54, 1.807) is 0 Å². The van der Waals surface area contributed by atoms with E-state index in [9.17, 15) is 0 Å².